The van der Waals surface area contributed by atoms with Gasteiger partial charge in [-0.3, -0.25) is 4.68 Å². The van der Waals surface area contributed by atoms with Crippen LogP contribution in [0, 0.1) is 0 Å². The molecule has 112 valence electrons. The van der Waals surface area contributed by atoms with Gasteiger partial charge in [-0.05, 0) is 30.5 Å². The minimum absolute atomic E-state index is 0.229. The van der Waals surface area contributed by atoms with Gasteiger partial charge in [0.25, 0.3) is 0 Å². The fraction of sp³-hybridized carbons (Fsp3) is 0.538. The van der Waals surface area contributed by atoms with Gasteiger partial charge in [-0.15, -0.1) is 0 Å². The molecular formula is C13H18ClN7. The predicted molar refractivity (Wildman–Crippen MR) is 81.7 cm³/mol. The maximum absolute atomic E-state index is 5.98. The Balaban J connectivity index is 1.61. The quantitative estimate of drug-likeness (QED) is 0.903. The van der Waals surface area contributed by atoms with Crippen LogP contribution in [0.25, 0.3) is 0 Å². The molecule has 1 aliphatic rings. The molecule has 1 saturated heterocycles. The minimum atomic E-state index is 0.229. The topological polar surface area (TPSA) is 71.8 Å². The standard InChI is InChI=1S/C13H18ClN7/c1-20-9-5-10(19-20)4-6-15-12-16-11(14)17-13(18-12)21-7-2-3-8-21/h5,9H,2-4,6-8H2,1H3,(H,15,16,17,18). The normalized spacial score (nSPS) is 14.7. The fourth-order valence-corrected chi connectivity index (χ4v) is 2.53. The van der Waals surface area contributed by atoms with E-state index in [0.717, 1.165) is 25.2 Å². The lowest BCUT2D eigenvalue weighted by atomic mass is 10.3. The highest BCUT2D eigenvalue weighted by molar-refractivity contribution is 6.28. The van der Waals surface area contributed by atoms with Crippen LogP contribution in [-0.2, 0) is 13.5 Å². The molecule has 1 fully saturated rings. The van der Waals surface area contributed by atoms with Crippen molar-refractivity contribution in [1.29, 1.82) is 0 Å². The van der Waals surface area contributed by atoms with E-state index in [-0.39, 0.29) is 5.28 Å². The maximum Gasteiger partial charge on any atom is 0.231 e. The van der Waals surface area contributed by atoms with E-state index < -0.39 is 0 Å². The lowest BCUT2D eigenvalue weighted by molar-refractivity contribution is 0.741. The Bertz CT molecular complexity index is 606. The summed E-state index contributed by atoms with van der Waals surface area (Å²) in [5, 5.41) is 7.74. The molecule has 1 aliphatic heterocycles. The van der Waals surface area contributed by atoms with E-state index in [4.69, 9.17) is 11.6 Å². The van der Waals surface area contributed by atoms with Crippen LogP contribution >= 0.6 is 11.6 Å². The van der Waals surface area contributed by atoms with E-state index in [1.54, 1.807) is 4.68 Å². The number of aryl methyl sites for hydroxylation is 1. The van der Waals surface area contributed by atoms with Crippen molar-refractivity contribution >= 4 is 23.5 Å². The van der Waals surface area contributed by atoms with Crippen LogP contribution in [-0.4, -0.2) is 44.4 Å². The third-order valence-electron chi connectivity index (χ3n) is 3.42. The third-order valence-corrected chi connectivity index (χ3v) is 3.59. The Labute approximate surface area is 128 Å². The van der Waals surface area contributed by atoms with Gasteiger partial charge in [0, 0.05) is 39.3 Å². The minimum Gasteiger partial charge on any atom is -0.354 e. The Morgan fingerprint density at radius 1 is 1.24 bits per heavy atom. The van der Waals surface area contributed by atoms with Crippen molar-refractivity contribution in [3.8, 4) is 0 Å². The molecule has 2 aromatic rings. The summed E-state index contributed by atoms with van der Waals surface area (Å²) in [5.74, 6) is 1.18. The number of halogens is 1. The smallest absolute Gasteiger partial charge is 0.231 e. The first-order valence-electron chi connectivity index (χ1n) is 7.09. The Morgan fingerprint density at radius 2 is 2.05 bits per heavy atom. The summed E-state index contributed by atoms with van der Waals surface area (Å²) < 4.78 is 1.79. The van der Waals surface area contributed by atoms with Gasteiger partial charge in [0.2, 0.25) is 17.2 Å². The highest BCUT2D eigenvalue weighted by atomic mass is 35.5. The first kappa shape index (κ1) is 14.1. The number of aromatic nitrogens is 5. The second kappa shape index (κ2) is 6.26. The van der Waals surface area contributed by atoms with Crippen LogP contribution in [0.2, 0.25) is 5.28 Å². The number of rotatable bonds is 5. The van der Waals surface area contributed by atoms with Crippen molar-refractivity contribution in [2.45, 2.75) is 19.3 Å². The van der Waals surface area contributed by atoms with Crippen LogP contribution in [0.3, 0.4) is 0 Å². The number of anilines is 2. The summed E-state index contributed by atoms with van der Waals surface area (Å²) in [7, 11) is 1.91. The predicted octanol–water partition coefficient (Wildman–Crippen LogP) is 1.51. The van der Waals surface area contributed by atoms with E-state index in [2.05, 4.69) is 30.3 Å². The van der Waals surface area contributed by atoms with Gasteiger partial charge < -0.3 is 10.2 Å². The first-order valence-corrected chi connectivity index (χ1v) is 7.47. The summed E-state index contributed by atoms with van der Waals surface area (Å²) in [6.07, 6.45) is 5.08. The third kappa shape index (κ3) is 3.60. The molecule has 21 heavy (non-hydrogen) atoms. The molecule has 0 radical (unpaired) electrons. The van der Waals surface area contributed by atoms with E-state index in [1.165, 1.54) is 12.8 Å². The van der Waals surface area contributed by atoms with E-state index in [1.807, 2.05) is 19.3 Å². The van der Waals surface area contributed by atoms with E-state index in [0.29, 0.717) is 18.4 Å². The van der Waals surface area contributed by atoms with Crippen LogP contribution in [0.15, 0.2) is 12.3 Å². The molecule has 0 aliphatic carbocycles. The van der Waals surface area contributed by atoms with Crippen molar-refractivity contribution in [3.63, 3.8) is 0 Å². The lowest BCUT2D eigenvalue weighted by Gasteiger charge is -2.15. The molecule has 3 heterocycles. The van der Waals surface area contributed by atoms with Gasteiger partial charge in [-0.25, -0.2) is 0 Å². The highest BCUT2D eigenvalue weighted by Gasteiger charge is 2.16. The van der Waals surface area contributed by atoms with Crippen LogP contribution < -0.4 is 10.2 Å². The van der Waals surface area contributed by atoms with E-state index >= 15 is 0 Å². The number of nitrogens with one attached hydrogen (secondary N) is 1. The Hall–Kier alpha value is -1.89. The second-order valence-electron chi connectivity index (χ2n) is 5.08. The zero-order valence-corrected chi connectivity index (χ0v) is 12.7. The van der Waals surface area contributed by atoms with Crippen molar-refractivity contribution in [2.75, 3.05) is 29.9 Å². The lowest BCUT2D eigenvalue weighted by Crippen LogP contribution is -2.21. The molecule has 7 nitrogen and oxygen atoms in total. The van der Waals surface area contributed by atoms with E-state index in [9.17, 15) is 0 Å². The van der Waals surface area contributed by atoms with Crippen LogP contribution in [0.1, 0.15) is 18.5 Å². The van der Waals surface area contributed by atoms with Crippen LogP contribution in [0.5, 0.6) is 0 Å². The second-order valence-corrected chi connectivity index (χ2v) is 5.42. The molecule has 0 bridgehead atoms. The molecule has 1 N–H and O–H groups in total. The average molecular weight is 308 g/mol. The maximum atomic E-state index is 5.98. The van der Waals surface area contributed by atoms with Crippen molar-refractivity contribution in [1.82, 2.24) is 24.7 Å². The largest absolute Gasteiger partial charge is 0.354 e. The average Bonchev–Trinajstić information content (AvgIpc) is 3.10. The zero-order valence-electron chi connectivity index (χ0n) is 12.0. The van der Waals surface area contributed by atoms with Crippen molar-refractivity contribution < 1.29 is 0 Å². The van der Waals surface area contributed by atoms with Gasteiger partial charge >= 0.3 is 0 Å². The first-order chi connectivity index (χ1) is 10.2. The van der Waals surface area contributed by atoms with Crippen molar-refractivity contribution in [2.24, 2.45) is 7.05 Å². The molecule has 0 amide bonds. The number of nitrogens with zero attached hydrogens (tertiary/aromatic N) is 6. The Morgan fingerprint density at radius 3 is 2.76 bits per heavy atom. The molecule has 0 atom stereocenters. The zero-order chi connectivity index (χ0) is 14.7. The molecule has 2 aromatic heterocycles. The molecule has 3 rings (SSSR count). The summed E-state index contributed by atoms with van der Waals surface area (Å²) in [6.45, 7) is 2.66. The highest BCUT2D eigenvalue weighted by Crippen LogP contribution is 2.18. The molecule has 0 saturated carbocycles. The number of hydrogen-bond donors (Lipinski definition) is 1. The molecule has 0 spiro atoms. The van der Waals surface area contributed by atoms with Gasteiger partial charge in [0.1, 0.15) is 0 Å². The van der Waals surface area contributed by atoms with Gasteiger partial charge in [-0.1, -0.05) is 0 Å². The van der Waals surface area contributed by atoms with Crippen molar-refractivity contribution in [3.05, 3.63) is 23.2 Å². The molecular weight excluding hydrogens is 290 g/mol. The van der Waals surface area contributed by atoms with Crippen LogP contribution in [0.4, 0.5) is 11.9 Å². The Kier molecular flexibility index (Phi) is 4.19. The van der Waals surface area contributed by atoms with Gasteiger partial charge in [0.15, 0.2) is 0 Å². The molecule has 8 heteroatoms. The molecule has 0 aromatic carbocycles. The SMILES string of the molecule is Cn1ccc(CCNc2nc(Cl)nc(N3CCCC3)n2)n1. The van der Waals surface area contributed by atoms with Gasteiger partial charge in [-0.2, -0.15) is 20.1 Å². The summed E-state index contributed by atoms with van der Waals surface area (Å²) in [4.78, 5) is 14.9. The monoisotopic (exact) mass is 307 g/mol. The summed E-state index contributed by atoms with van der Waals surface area (Å²) in [6, 6.07) is 2.00. The van der Waals surface area contributed by atoms with Gasteiger partial charge in [0.05, 0.1) is 5.69 Å². The summed E-state index contributed by atoms with van der Waals surface area (Å²) >= 11 is 5.98. The fourth-order valence-electron chi connectivity index (χ4n) is 2.38. The number of hydrogen-bond acceptors (Lipinski definition) is 6. The summed E-state index contributed by atoms with van der Waals surface area (Å²) in [5.41, 5.74) is 1.03. The molecule has 0 unspecified atom stereocenters.